The van der Waals surface area contributed by atoms with Crippen LogP contribution >= 0.6 is 0 Å². The van der Waals surface area contributed by atoms with Gasteiger partial charge in [0.1, 0.15) is 5.60 Å². The van der Waals surface area contributed by atoms with Gasteiger partial charge in [-0.05, 0) is 34.1 Å². The van der Waals surface area contributed by atoms with Gasteiger partial charge in [-0.25, -0.2) is 19.6 Å². The molecule has 1 fully saturated rings. The first-order valence-electron chi connectivity index (χ1n) is 7.47. The lowest BCUT2D eigenvalue weighted by Gasteiger charge is -2.22. The third-order valence-corrected chi connectivity index (χ3v) is 3.39. The number of ether oxygens (including phenoxy) is 1. The van der Waals surface area contributed by atoms with E-state index in [0.29, 0.717) is 24.7 Å². The van der Waals surface area contributed by atoms with Crippen LogP contribution in [0.2, 0.25) is 0 Å². The molecule has 0 radical (unpaired) electrons. The zero-order valence-corrected chi connectivity index (χ0v) is 13.8. The highest BCUT2D eigenvalue weighted by Gasteiger charge is 2.28. The van der Waals surface area contributed by atoms with E-state index < -0.39 is 17.7 Å². The molecule has 0 aliphatic carbocycles. The molecular weight excluding hydrogens is 300 g/mol. The molecular formula is C15H22N4O4. The second-order valence-corrected chi connectivity index (χ2v) is 6.55. The van der Waals surface area contributed by atoms with Gasteiger partial charge in [-0.1, -0.05) is 0 Å². The Balaban J connectivity index is 1.96. The first-order valence-corrected chi connectivity index (χ1v) is 7.47. The Morgan fingerprint density at radius 1 is 1.43 bits per heavy atom. The highest BCUT2D eigenvalue weighted by molar-refractivity contribution is 5.88. The molecule has 1 aromatic rings. The van der Waals surface area contributed by atoms with Gasteiger partial charge < -0.3 is 20.1 Å². The average Bonchev–Trinajstić information content (AvgIpc) is 2.84. The third kappa shape index (κ3) is 4.54. The van der Waals surface area contributed by atoms with Crippen molar-refractivity contribution in [1.82, 2.24) is 15.3 Å². The molecule has 1 atom stereocenters. The van der Waals surface area contributed by atoms with Gasteiger partial charge in [0.25, 0.3) is 0 Å². The van der Waals surface area contributed by atoms with Crippen LogP contribution in [0, 0.1) is 6.92 Å². The molecule has 126 valence electrons. The van der Waals surface area contributed by atoms with Crippen molar-refractivity contribution >= 4 is 18.0 Å². The standard InChI is InChI=1S/C15H22N4O4/c1-9-11(12(20)21)7-16-13(17-9)19-6-5-10(8-19)18-14(22)23-15(2,3)4/h7,10H,5-6,8H2,1-4H3,(H,18,22)(H,20,21)/t10-/m1/s1. The predicted octanol–water partition coefficient (Wildman–Crippen LogP) is 1.59. The van der Waals surface area contributed by atoms with E-state index in [1.807, 2.05) is 25.7 Å². The molecule has 1 aromatic heterocycles. The van der Waals surface area contributed by atoms with E-state index in [1.165, 1.54) is 6.20 Å². The van der Waals surface area contributed by atoms with Crippen LogP contribution in [0.4, 0.5) is 10.7 Å². The third-order valence-electron chi connectivity index (χ3n) is 3.39. The van der Waals surface area contributed by atoms with Crippen molar-refractivity contribution in [1.29, 1.82) is 0 Å². The zero-order chi connectivity index (χ0) is 17.2. The molecule has 0 spiro atoms. The number of aromatic nitrogens is 2. The van der Waals surface area contributed by atoms with Crippen LogP contribution < -0.4 is 10.2 Å². The fourth-order valence-corrected chi connectivity index (χ4v) is 2.35. The number of hydrogen-bond acceptors (Lipinski definition) is 6. The van der Waals surface area contributed by atoms with E-state index in [9.17, 15) is 9.59 Å². The number of carbonyl (C=O) groups is 2. The molecule has 0 bridgehead atoms. The van der Waals surface area contributed by atoms with E-state index in [4.69, 9.17) is 9.84 Å². The van der Waals surface area contributed by atoms with E-state index in [1.54, 1.807) is 6.92 Å². The molecule has 2 N–H and O–H groups in total. The fourth-order valence-electron chi connectivity index (χ4n) is 2.35. The van der Waals surface area contributed by atoms with E-state index in [2.05, 4.69) is 15.3 Å². The number of rotatable bonds is 3. The van der Waals surface area contributed by atoms with Crippen molar-refractivity contribution in [2.45, 2.75) is 45.8 Å². The Bertz CT molecular complexity index is 612. The number of aryl methyl sites for hydroxylation is 1. The number of aromatic carboxylic acids is 1. The molecule has 1 aliphatic rings. The highest BCUT2D eigenvalue weighted by atomic mass is 16.6. The van der Waals surface area contributed by atoms with E-state index in [-0.39, 0.29) is 11.6 Å². The topological polar surface area (TPSA) is 105 Å². The van der Waals surface area contributed by atoms with Gasteiger partial charge in [-0.15, -0.1) is 0 Å². The number of nitrogens with zero attached hydrogens (tertiary/aromatic N) is 3. The van der Waals surface area contributed by atoms with Crippen molar-refractivity contribution in [3.63, 3.8) is 0 Å². The van der Waals surface area contributed by atoms with Crippen molar-refractivity contribution in [3.05, 3.63) is 17.5 Å². The molecule has 0 saturated carbocycles. The van der Waals surface area contributed by atoms with Gasteiger partial charge in [0.05, 0.1) is 17.3 Å². The summed E-state index contributed by atoms with van der Waals surface area (Å²) in [6, 6.07) is -0.0482. The summed E-state index contributed by atoms with van der Waals surface area (Å²) in [4.78, 5) is 33.0. The molecule has 1 saturated heterocycles. The molecule has 1 aliphatic heterocycles. The second kappa shape index (κ2) is 6.39. The van der Waals surface area contributed by atoms with Crippen molar-refractivity contribution in [2.24, 2.45) is 0 Å². The minimum Gasteiger partial charge on any atom is -0.478 e. The number of alkyl carbamates (subject to hydrolysis) is 1. The van der Waals surface area contributed by atoms with E-state index in [0.717, 1.165) is 6.42 Å². The second-order valence-electron chi connectivity index (χ2n) is 6.55. The predicted molar refractivity (Wildman–Crippen MR) is 83.7 cm³/mol. The summed E-state index contributed by atoms with van der Waals surface area (Å²) in [7, 11) is 0. The van der Waals surface area contributed by atoms with Gasteiger partial charge in [0.2, 0.25) is 5.95 Å². The van der Waals surface area contributed by atoms with Gasteiger partial charge in [0.15, 0.2) is 0 Å². The fraction of sp³-hybridized carbons (Fsp3) is 0.600. The summed E-state index contributed by atoms with van der Waals surface area (Å²) in [6.45, 7) is 8.33. The number of nitrogens with one attached hydrogen (secondary N) is 1. The van der Waals surface area contributed by atoms with Gasteiger partial charge in [-0.2, -0.15) is 0 Å². The average molecular weight is 322 g/mol. The van der Waals surface area contributed by atoms with Crippen molar-refractivity contribution < 1.29 is 19.4 Å². The summed E-state index contributed by atoms with van der Waals surface area (Å²) < 4.78 is 5.24. The lowest BCUT2D eigenvalue weighted by atomic mass is 10.2. The van der Waals surface area contributed by atoms with Crippen LogP contribution in [0.3, 0.4) is 0 Å². The molecule has 2 rings (SSSR count). The molecule has 0 unspecified atom stereocenters. The zero-order valence-electron chi connectivity index (χ0n) is 13.8. The van der Waals surface area contributed by atoms with Crippen LogP contribution in [-0.4, -0.2) is 51.9 Å². The maximum Gasteiger partial charge on any atom is 0.407 e. The molecule has 2 heterocycles. The minimum atomic E-state index is -1.04. The number of carboxylic acid groups (broad SMARTS) is 1. The quantitative estimate of drug-likeness (QED) is 0.870. The largest absolute Gasteiger partial charge is 0.478 e. The minimum absolute atomic E-state index is 0.0482. The highest BCUT2D eigenvalue weighted by Crippen LogP contribution is 2.18. The molecule has 8 heteroatoms. The van der Waals surface area contributed by atoms with Gasteiger partial charge in [-0.3, -0.25) is 0 Å². The van der Waals surface area contributed by atoms with Crippen LogP contribution in [0.5, 0.6) is 0 Å². The molecule has 1 amide bonds. The van der Waals surface area contributed by atoms with Crippen LogP contribution in [0.1, 0.15) is 43.2 Å². The van der Waals surface area contributed by atoms with Crippen LogP contribution in [0.25, 0.3) is 0 Å². The summed E-state index contributed by atoms with van der Waals surface area (Å²) >= 11 is 0. The Morgan fingerprint density at radius 2 is 2.13 bits per heavy atom. The van der Waals surface area contributed by atoms with Gasteiger partial charge >= 0.3 is 12.1 Å². The Kier molecular flexibility index (Phi) is 4.72. The first-order chi connectivity index (χ1) is 10.7. The summed E-state index contributed by atoms with van der Waals surface area (Å²) in [6.07, 6.45) is 1.62. The smallest absolute Gasteiger partial charge is 0.407 e. The number of hydrogen-bond donors (Lipinski definition) is 2. The normalized spacial score (nSPS) is 17.9. The number of carbonyl (C=O) groups excluding carboxylic acids is 1. The van der Waals surface area contributed by atoms with Crippen LogP contribution in [0.15, 0.2) is 6.20 Å². The summed E-state index contributed by atoms with van der Waals surface area (Å²) in [5, 5.41) is 11.8. The Morgan fingerprint density at radius 3 is 2.70 bits per heavy atom. The van der Waals surface area contributed by atoms with Crippen molar-refractivity contribution in [3.8, 4) is 0 Å². The number of amides is 1. The maximum absolute atomic E-state index is 11.8. The molecule has 0 aromatic carbocycles. The number of carboxylic acids is 1. The molecule has 23 heavy (non-hydrogen) atoms. The Labute approximate surface area is 134 Å². The Hall–Kier alpha value is -2.38. The summed E-state index contributed by atoms with van der Waals surface area (Å²) in [5.74, 6) is -0.569. The SMILES string of the molecule is Cc1nc(N2CC[C@@H](NC(=O)OC(C)(C)C)C2)ncc1C(=O)O. The van der Waals surface area contributed by atoms with Crippen molar-refractivity contribution in [2.75, 3.05) is 18.0 Å². The van der Waals surface area contributed by atoms with Crippen LogP contribution in [-0.2, 0) is 4.74 Å². The van der Waals surface area contributed by atoms with Gasteiger partial charge in [0, 0.05) is 19.3 Å². The first kappa shape index (κ1) is 17.0. The monoisotopic (exact) mass is 322 g/mol. The summed E-state index contributed by atoms with van der Waals surface area (Å²) in [5.41, 5.74) is -0.0163. The van der Waals surface area contributed by atoms with E-state index >= 15 is 0 Å². The molecule has 8 nitrogen and oxygen atoms in total. The lowest BCUT2D eigenvalue weighted by Crippen LogP contribution is -2.40. The number of anilines is 1. The lowest BCUT2D eigenvalue weighted by molar-refractivity contribution is 0.0508. The maximum atomic E-state index is 11.8.